The van der Waals surface area contributed by atoms with Gasteiger partial charge in [-0.2, -0.15) is 0 Å². The van der Waals surface area contributed by atoms with Gasteiger partial charge >= 0.3 is 6.02 Å². The van der Waals surface area contributed by atoms with Crippen LogP contribution < -0.4 is 0 Å². The van der Waals surface area contributed by atoms with E-state index in [-0.39, 0.29) is 11.6 Å². The minimum absolute atomic E-state index is 0.125. The van der Waals surface area contributed by atoms with Gasteiger partial charge in [0.25, 0.3) is 14.4 Å². The van der Waals surface area contributed by atoms with Crippen molar-refractivity contribution in [2.45, 2.75) is 31.1 Å². The van der Waals surface area contributed by atoms with Gasteiger partial charge in [-0.25, -0.2) is 18.2 Å². The van der Waals surface area contributed by atoms with Crippen LogP contribution in [-0.2, 0) is 15.0 Å². The molecule has 2 rings (SSSR count). The van der Waals surface area contributed by atoms with Crippen molar-refractivity contribution in [1.29, 1.82) is 0 Å². The van der Waals surface area contributed by atoms with Gasteiger partial charge in [0, 0.05) is 12.7 Å². The van der Waals surface area contributed by atoms with Gasteiger partial charge in [0.2, 0.25) is 0 Å². The van der Waals surface area contributed by atoms with Crippen molar-refractivity contribution in [3.05, 3.63) is 35.6 Å². The summed E-state index contributed by atoms with van der Waals surface area (Å²) >= 11 is 0. The molecule has 118 valence electrons. The fraction of sp³-hybridized carbons (Fsp3) is 0.462. The van der Waals surface area contributed by atoms with Crippen molar-refractivity contribution in [3.63, 3.8) is 0 Å². The predicted molar refractivity (Wildman–Crippen MR) is 76.3 cm³/mol. The Morgan fingerprint density at radius 2 is 2.09 bits per heavy atom. The number of benzene rings is 1. The number of rotatable bonds is 3. The van der Waals surface area contributed by atoms with E-state index in [0.29, 0.717) is 0 Å². The molecule has 1 aliphatic heterocycles. The highest BCUT2D eigenvalue weighted by molar-refractivity contribution is 6.05. The molecular weight excluding hydrogens is 298 g/mol. The second kappa shape index (κ2) is 6.47. The van der Waals surface area contributed by atoms with Crippen LogP contribution in [-0.4, -0.2) is 39.7 Å². The molecule has 0 aromatic heterocycles. The highest BCUT2D eigenvalue weighted by atomic mass is 19.3. The lowest BCUT2D eigenvalue weighted by atomic mass is 9.83. The van der Waals surface area contributed by atoms with E-state index in [4.69, 9.17) is 9.47 Å². The zero-order valence-electron chi connectivity index (χ0n) is 12.3. The summed E-state index contributed by atoms with van der Waals surface area (Å²) in [6, 6.07) is 5.48. The van der Waals surface area contributed by atoms with Crippen molar-refractivity contribution in [1.82, 2.24) is 0 Å². The number of nitrogens with zero attached hydrogens (tertiary/aromatic N) is 3. The molecule has 9 heteroatoms. The molecule has 0 aliphatic carbocycles. The molecule has 0 saturated heterocycles. The highest BCUT2D eigenvalue weighted by Gasteiger charge is 2.51. The van der Waals surface area contributed by atoms with Crippen LogP contribution in [0, 0.1) is 5.82 Å². The van der Waals surface area contributed by atoms with Crippen molar-refractivity contribution in [2.24, 2.45) is 15.1 Å². The number of alkyl halides is 2. The summed E-state index contributed by atoms with van der Waals surface area (Å²) in [5.74, 6) is -0.571. The quantitative estimate of drug-likeness (QED) is 0.634. The average Bonchev–Trinajstić information content (AvgIpc) is 2.47. The topological polar surface area (TPSA) is 55.5 Å². The van der Waals surface area contributed by atoms with Crippen molar-refractivity contribution >= 4 is 14.0 Å². The Kier molecular flexibility index (Phi) is 4.85. The van der Waals surface area contributed by atoms with E-state index in [1.54, 1.807) is 6.07 Å². The number of ether oxygens (including phenoxy) is 2. The Labute approximate surface area is 126 Å². The molecule has 0 amide bonds. The number of methoxy groups -OCH3 is 1. The van der Waals surface area contributed by atoms with E-state index < -0.39 is 30.0 Å². The maximum atomic E-state index is 14.2. The molecule has 1 aliphatic rings. The summed E-state index contributed by atoms with van der Waals surface area (Å²) < 4.78 is 51.0. The van der Waals surface area contributed by atoms with Crippen molar-refractivity contribution in [3.8, 4) is 0 Å². The molecule has 22 heavy (non-hydrogen) atoms. The van der Waals surface area contributed by atoms with Gasteiger partial charge in [0.1, 0.15) is 17.5 Å². The first-order chi connectivity index (χ1) is 10.4. The second-order valence-electron chi connectivity index (χ2n) is 4.89. The summed E-state index contributed by atoms with van der Waals surface area (Å²) in [4.78, 5) is 4.16. The summed E-state index contributed by atoms with van der Waals surface area (Å²) in [5.41, 5.74) is -1.29. The summed E-state index contributed by atoms with van der Waals surface area (Å²) in [5, 5.41) is 7.05. The van der Waals surface area contributed by atoms with E-state index in [0.717, 1.165) is 0 Å². The first-order valence-electron chi connectivity index (χ1n) is 6.56. The Hall–Kier alpha value is -1.90. The van der Waals surface area contributed by atoms with Crippen LogP contribution in [0.1, 0.15) is 12.5 Å². The minimum atomic E-state index is -2.85. The van der Waals surface area contributed by atoms with E-state index in [9.17, 15) is 13.2 Å². The van der Waals surface area contributed by atoms with Gasteiger partial charge < -0.3 is 9.47 Å². The third-order valence-electron chi connectivity index (χ3n) is 3.53. The maximum Gasteiger partial charge on any atom is 0.330 e. The third kappa shape index (κ3) is 2.85. The smallest absolute Gasteiger partial charge is 0.330 e. The Morgan fingerprint density at radius 3 is 2.64 bits per heavy atom. The zero-order valence-corrected chi connectivity index (χ0v) is 12.3. The largest absolute Gasteiger partial charge is 0.450 e. The first-order valence-corrected chi connectivity index (χ1v) is 6.56. The molecule has 0 unspecified atom stereocenters. The number of halogens is 3. The molecule has 1 heterocycles. The summed E-state index contributed by atoms with van der Waals surface area (Å²) in [6.45, 7) is 1.50. The van der Waals surface area contributed by atoms with Crippen molar-refractivity contribution in [2.75, 3.05) is 7.11 Å². The molecule has 5 nitrogen and oxygen atoms in total. The van der Waals surface area contributed by atoms with Crippen molar-refractivity contribution < 1.29 is 22.6 Å². The van der Waals surface area contributed by atoms with Gasteiger partial charge in [-0.1, -0.05) is 18.2 Å². The maximum absolute atomic E-state index is 14.2. The predicted octanol–water partition coefficient (Wildman–Crippen LogP) is 2.08. The molecule has 3 atom stereocenters. The molecule has 0 fully saturated rings. The van der Waals surface area contributed by atoms with E-state index in [1.807, 2.05) is 0 Å². The molecule has 0 N–H and O–H groups in total. The SMILES string of the molecule is BN=NC1=N[C@](C)(c2ccccc2F)[C@@H](OC)[C@@H](C(F)F)O1. The monoisotopic (exact) mass is 313 g/mol. The first kappa shape index (κ1) is 16.5. The number of hydrogen-bond acceptors (Lipinski definition) is 5. The summed E-state index contributed by atoms with van der Waals surface area (Å²) in [6.07, 6.45) is -5.67. The second-order valence-corrected chi connectivity index (χ2v) is 4.89. The third-order valence-corrected chi connectivity index (χ3v) is 3.53. The van der Waals surface area contributed by atoms with Gasteiger partial charge in [0.15, 0.2) is 6.10 Å². The molecular formula is C13H15BF3N3O2. The van der Waals surface area contributed by atoms with Crippen LogP contribution in [0.3, 0.4) is 0 Å². The van der Waals surface area contributed by atoms with E-state index in [1.165, 1.54) is 40.2 Å². The molecule has 0 bridgehead atoms. The Morgan fingerprint density at radius 1 is 1.41 bits per heavy atom. The number of hydrogen-bond donors (Lipinski definition) is 0. The van der Waals surface area contributed by atoms with E-state index >= 15 is 0 Å². The number of aliphatic imine (C=N–C) groups is 1. The van der Waals surface area contributed by atoms with E-state index in [2.05, 4.69) is 15.1 Å². The van der Waals surface area contributed by atoms with Gasteiger partial charge in [-0.3, -0.25) is 5.03 Å². The fourth-order valence-electron chi connectivity index (χ4n) is 2.56. The van der Waals surface area contributed by atoms with Crippen LogP contribution >= 0.6 is 0 Å². The molecule has 0 spiro atoms. The standard InChI is InChI=1S/C13H15BF3N3O2/c1-13(7-5-3-4-6-8(7)15)10(21-2)9(11(16)17)22-12(18-13)19-20-14/h3-6,9-11H,14H2,1-2H3/t9-,10-,13+/m0/s1. The zero-order chi connectivity index (χ0) is 16.3. The highest BCUT2D eigenvalue weighted by Crippen LogP contribution is 2.39. The lowest BCUT2D eigenvalue weighted by Crippen LogP contribution is -2.53. The Balaban J connectivity index is 2.61. The molecule has 1 aromatic rings. The number of amidine groups is 1. The van der Waals surface area contributed by atoms with Crippen LogP contribution in [0.4, 0.5) is 13.2 Å². The average molecular weight is 313 g/mol. The lowest BCUT2D eigenvalue weighted by Gasteiger charge is -2.41. The molecule has 0 radical (unpaired) electrons. The van der Waals surface area contributed by atoms with Gasteiger partial charge in [-0.05, 0) is 13.0 Å². The van der Waals surface area contributed by atoms with Crippen LogP contribution in [0.25, 0.3) is 0 Å². The lowest BCUT2D eigenvalue weighted by molar-refractivity contribution is -0.121. The normalized spacial score (nSPS) is 28.7. The minimum Gasteiger partial charge on any atom is -0.450 e. The van der Waals surface area contributed by atoms with Gasteiger partial charge in [0.05, 0.1) is 0 Å². The molecule has 0 saturated carbocycles. The molecule has 1 aromatic carbocycles. The summed E-state index contributed by atoms with van der Waals surface area (Å²) in [7, 11) is 2.61. The van der Waals surface area contributed by atoms with Crippen LogP contribution in [0.5, 0.6) is 0 Å². The van der Waals surface area contributed by atoms with Crippen LogP contribution in [0.2, 0.25) is 0 Å². The van der Waals surface area contributed by atoms with Gasteiger partial charge in [-0.15, -0.1) is 5.11 Å². The Bertz CT molecular complexity index is 600. The van der Waals surface area contributed by atoms with Crippen LogP contribution in [0.15, 0.2) is 39.4 Å². The fourth-order valence-corrected chi connectivity index (χ4v) is 2.56.